The maximum absolute atomic E-state index is 12.5. The predicted octanol–water partition coefficient (Wildman–Crippen LogP) is 2.23. The molecule has 10 heteroatoms. The molecule has 0 aromatic heterocycles. The van der Waals surface area contributed by atoms with Crippen molar-refractivity contribution in [1.29, 1.82) is 0 Å². The molecule has 0 fully saturated rings. The first kappa shape index (κ1) is 20.7. The molecule has 2 rings (SSSR count). The highest BCUT2D eigenvalue weighted by Crippen LogP contribution is 2.22. The fourth-order valence-electron chi connectivity index (χ4n) is 2.32. The van der Waals surface area contributed by atoms with Crippen LogP contribution in [0.1, 0.15) is 28.9 Å². The van der Waals surface area contributed by atoms with Gasteiger partial charge in [-0.15, -0.1) is 0 Å². The molecule has 27 heavy (non-hydrogen) atoms. The number of primary amides is 1. The maximum atomic E-state index is 12.5. The zero-order valence-corrected chi connectivity index (χ0v) is 16.2. The Morgan fingerprint density at radius 2 is 1.74 bits per heavy atom. The van der Waals surface area contributed by atoms with Crippen LogP contribution in [0.3, 0.4) is 0 Å². The number of sulfonamides is 1. The highest BCUT2D eigenvalue weighted by Gasteiger charge is 2.19. The maximum Gasteiger partial charge on any atom is 0.316 e. The summed E-state index contributed by atoms with van der Waals surface area (Å²) in [6.45, 7) is 1.76. The second-order valence-electron chi connectivity index (χ2n) is 5.66. The molecule has 0 saturated heterocycles. The number of urea groups is 1. The zero-order chi connectivity index (χ0) is 20.2. The van der Waals surface area contributed by atoms with E-state index in [2.05, 4.69) is 15.4 Å². The third-order valence-electron chi connectivity index (χ3n) is 3.79. The lowest BCUT2D eigenvalue weighted by molar-refractivity contribution is 0.0940. The van der Waals surface area contributed by atoms with Gasteiger partial charge in [0, 0.05) is 5.69 Å². The molecule has 0 aliphatic rings. The van der Waals surface area contributed by atoms with Crippen molar-refractivity contribution in [2.24, 2.45) is 5.73 Å². The Morgan fingerprint density at radius 1 is 1.11 bits per heavy atom. The molecule has 144 valence electrons. The van der Waals surface area contributed by atoms with Gasteiger partial charge in [0.05, 0.1) is 21.5 Å². The van der Waals surface area contributed by atoms with Gasteiger partial charge < -0.3 is 16.4 Å². The van der Waals surface area contributed by atoms with E-state index >= 15 is 0 Å². The Kier molecular flexibility index (Phi) is 6.42. The molecule has 0 aliphatic heterocycles. The number of hydrogen-bond donors (Lipinski definition) is 4. The summed E-state index contributed by atoms with van der Waals surface area (Å²) in [6.07, 6.45) is 0. The average molecular weight is 411 g/mol. The van der Waals surface area contributed by atoms with Crippen molar-refractivity contribution in [1.82, 2.24) is 10.0 Å². The second-order valence-corrected chi connectivity index (χ2v) is 7.95. The van der Waals surface area contributed by atoms with E-state index in [1.807, 2.05) is 0 Å². The first-order valence-electron chi connectivity index (χ1n) is 7.84. The molecular formula is C17H19ClN4O4S. The Labute approximate surface area is 162 Å². The van der Waals surface area contributed by atoms with Crippen molar-refractivity contribution in [2.45, 2.75) is 17.9 Å². The van der Waals surface area contributed by atoms with Crippen molar-refractivity contribution in [3.63, 3.8) is 0 Å². The van der Waals surface area contributed by atoms with Crippen molar-refractivity contribution < 1.29 is 18.0 Å². The number of anilines is 1. The predicted molar refractivity (Wildman–Crippen MR) is 103 cm³/mol. The molecule has 0 aliphatic carbocycles. The van der Waals surface area contributed by atoms with Crippen LogP contribution >= 0.6 is 11.6 Å². The quantitative estimate of drug-likeness (QED) is 0.581. The van der Waals surface area contributed by atoms with E-state index in [0.29, 0.717) is 5.69 Å². The van der Waals surface area contributed by atoms with Gasteiger partial charge in [-0.05, 0) is 49.9 Å². The molecule has 0 bridgehead atoms. The van der Waals surface area contributed by atoms with Gasteiger partial charge in [0.1, 0.15) is 0 Å². The van der Waals surface area contributed by atoms with Gasteiger partial charge in [0.25, 0.3) is 5.91 Å². The normalized spacial score (nSPS) is 12.3. The van der Waals surface area contributed by atoms with E-state index in [4.69, 9.17) is 17.3 Å². The van der Waals surface area contributed by atoms with Crippen LogP contribution < -0.4 is 21.1 Å². The van der Waals surface area contributed by atoms with Crippen LogP contribution in [0.5, 0.6) is 0 Å². The van der Waals surface area contributed by atoms with E-state index in [0.717, 1.165) is 5.56 Å². The van der Waals surface area contributed by atoms with Gasteiger partial charge in [0.15, 0.2) is 0 Å². The van der Waals surface area contributed by atoms with E-state index < -0.39 is 22.0 Å². The number of hydrogen-bond acceptors (Lipinski definition) is 4. The summed E-state index contributed by atoms with van der Waals surface area (Å²) in [4.78, 5) is 23.3. The topological polar surface area (TPSA) is 130 Å². The summed E-state index contributed by atoms with van der Waals surface area (Å²) in [7, 11) is -2.42. The molecule has 0 saturated carbocycles. The lowest BCUT2D eigenvalue weighted by Gasteiger charge is -2.16. The van der Waals surface area contributed by atoms with Gasteiger partial charge >= 0.3 is 6.03 Å². The molecule has 3 amide bonds. The fraction of sp³-hybridized carbons (Fsp3) is 0.176. The molecule has 8 nitrogen and oxygen atoms in total. The summed E-state index contributed by atoms with van der Waals surface area (Å²) in [6, 6.07) is 9.58. The Hall–Kier alpha value is -2.62. The zero-order valence-electron chi connectivity index (χ0n) is 14.6. The largest absolute Gasteiger partial charge is 0.351 e. The van der Waals surface area contributed by atoms with Crippen LogP contribution in [0.4, 0.5) is 10.5 Å². The number of benzene rings is 2. The van der Waals surface area contributed by atoms with Gasteiger partial charge in [-0.3, -0.25) is 4.79 Å². The van der Waals surface area contributed by atoms with Gasteiger partial charge in [0.2, 0.25) is 10.0 Å². The highest BCUT2D eigenvalue weighted by molar-refractivity contribution is 7.89. The monoisotopic (exact) mass is 410 g/mol. The van der Waals surface area contributed by atoms with Crippen molar-refractivity contribution >= 4 is 39.2 Å². The number of rotatable bonds is 6. The van der Waals surface area contributed by atoms with Gasteiger partial charge in [-0.1, -0.05) is 23.7 Å². The van der Waals surface area contributed by atoms with Crippen LogP contribution in [0.25, 0.3) is 0 Å². The van der Waals surface area contributed by atoms with Crippen LogP contribution in [-0.2, 0) is 10.0 Å². The minimum atomic E-state index is -3.70. The number of nitrogens with one attached hydrogen (secondary N) is 3. The highest BCUT2D eigenvalue weighted by atomic mass is 35.5. The third kappa shape index (κ3) is 5.19. The molecule has 0 spiro atoms. The van der Waals surface area contributed by atoms with E-state index in [9.17, 15) is 18.0 Å². The minimum absolute atomic E-state index is 0.0480. The van der Waals surface area contributed by atoms with Crippen LogP contribution in [-0.4, -0.2) is 27.4 Å². The van der Waals surface area contributed by atoms with Crippen molar-refractivity contribution in [3.8, 4) is 0 Å². The average Bonchev–Trinajstić information content (AvgIpc) is 2.61. The number of nitrogens with two attached hydrogens (primary N) is 1. The summed E-state index contributed by atoms with van der Waals surface area (Å²) >= 11 is 6.05. The number of carbonyl (C=O) groups excluding carboxylic acids is 2. The standard InChI is InChI=1S/C17H19ClN4O4S/c1-10(11-3-5-12(6-4-11)22-17(19)24)21-16(23)14-9-13(7-8-15(14)18)27(25,26)20-2/h3-10,20H,1-2H3,(H,21,23)(H3,19,22,24). The summed E-state index contributed by atoms with van der Waals surface area (Å²) in [5, 5.41) is 5.34. The molecule has 2 aromatic carbocycles. The van der Waals surface area contributed by atoms with Gasteiger partial charge in [-0.25, -0.2) is 17.9 Å². The molecule has 5 N–H and O–H groups in total. The lowest BCUT2D eigenvalue weighted by atomic mass is 10.1. The molecule has 1 unspecified atom stereocenters. The Morgan fingerprint density at radius 3 is 2.30 bits per heavy atom. The van der Waals surface area contributed by atoms with Crippen LogP contribution in [0.15, 0.2) is 47.4 Å². The van der Waals surface area contributed by atoms with Crippen LogP contribution in [0.2, 0.25) is 5.02 Å². The fourth-order valence-corrected chi connectivity index (χ4v) is 3.28. The number of amides is 3. The SMILES string of the molecule is CNS(=O)(=O)c1ccc(Cl)c(C(=O)NC(C)c2ccc(NC(N)=O)cc2)c1. The first-order valence-corrected chi connectivity index (χ1v) is 9.70. The summed E-state index contributed by atoms with van der Waals surface area (Å²) < 4.78 is 26.0. The van der Waals surface area contributed by atoms with E-state index in [-0.39, 0.29) is 21.5 Å². The van der Waals surface area contributed by atoms with E-state index in [1.54, 1.807) is 31.2 Å². The first-order chi connectivity index (χ1) is 12.6. The lowest BCUT2D eigenvalue weighted by Crippen LogP contribution is -2.27. The van der Waals surface area contributed by atoms with Gasteiger partial charge in [-0.2, -0.15) is 0 Å². The molecular weight excluding hydrogens is 392 g/mol. The molecule has 0 heterocycles. The molecule has 2 aromatic rings. The van der Waals surface area contributed by atoms with Crippen molar-refractivity contribution in [2.75, 3.05) is 12.4 Å². The summed E-state index contributed by atoms with van der Waals surface area (Å²) in [5.74, 6) is -0.514. The third-order valence-corrected chi connectivity index (χ3v) is 5.53. The second kappa shape index (κ2) is 8.38. The minimum Gasteiger partial charge on any atom is -0.351 e. The van der Waals surface area contributed by atoms with Crippen molar-refractivity contribution in [3.05, 3.63) is 58.6 Å². The molecule has 0 radical (unpaired) electrons. The smallest absolute Gasteiger partial charge is 0.316 e. The summed E-state index contributed by atoms with van der Waals surface area (Å²) in [5.41, 5.74) is 6.40. The molecule has 1 atom stereocenters. The Balaban J connectivity index is 2.19. The number of carbonyl (C=O) groups is 2. The van der Waals surface area contributed by atoms with Crippen LogP contribution in [0, 0.1) is 0 Å². The van der Waals surface area contributed by atoms with E-state index in [1.165, 1.54) is 25.2 Å². The Bertz CT molecular complexity index is 961. The number of halogens is 1.